The van der Waals surface area contributed by atoms with Crippen LogP contribution < -0.4 is 25.6 Å². The molecule has 0 radical (unpaired) electrons. The standard InChI is InChI=1S/C23H26FN5O4.C7H6O/c1-14(30)20-12-26-8-9-28(20)22-7-2-15(11-27-22)18-5-3-16(10-19(18)24)29-13-17(33-23(29)32)4-6-21(25)31;1-3-7-4-2-6(1)5-8-7/h2-3,5,7,10-11,17,20,26H,4,6,8-9,12-13H2,1H3,(H2,25,31);1-4H,5H2. The van der Waals surface area contributed by atoms with Crippen LogP contribution in [0.25, 0.3) is 11.1 Å². The largest absolute Gasteiger partial charge is 0.489 e. The van der Waals surface area contributed by atoms with Crippen molar-refractivity contribution in [3.8, 4) is 16.9 Å². The van der Waals surface area contributed by atoms with Crippen LogP contribution in [-0.4, -0.2) is 61.1 Å². The smallest absolute Gasteiger partial charge is 0.414 e. The molecular formula is C30H32FN5O5. The Morgan fingerprint density at radius 1 is 1.15 bits per heavy atom. The summed E-state index contributed by atoms with van der Waals surface area (Å²) in [5.41, 5.74) is 7.71. The van der Waals surface area contributed by atoms with E-state index < -0.39 is 23.9 Å². The number of nitrogens with zero attached hydrogens (tertiary/aromatic N) is 3. The molecule has 0 saturated carbocycles. The third-order valence-corrected chi connectivity index (χ3v) is 7.25. The number of hydrogen-bond acceptors (Lipinski definition) is 8. The molecule has 10 nitrogen and oxygen atoms in total. The van der Waals surface area contributed by atoms with Crippen molar-refractivity contribution < 1.29 is 28.2 Å². The SMILES string of the molecule is CC(=O)C1CNCCN1c1ccc(-c2ccc(N3CC(CCC(N)=O)OC3=O)cc2F)cn1.c1cc2ccc1CO2. The summed E-state index contributed by atoms with van der Waals surface area (Å²) in [6.07, 6.45) is 0.972. The Balaban J connectivity index is 0.000000358. The lowest BCUT2D eigenvalue weighted by Gasteiger charge is -2.35. The number of nitrogens with one attached hydrogen (secondary N) is 1. The first-order valence-electron chi connectivity index (χ1n) is 13.5. The summed E-state index contributed by atoms with van der Waals surface area (Å²) in [7, 11) is 0. The number of carbonyl (C=O) groups is 3. The molecule has 2 unspecified atom stereocenters. The second kappa shape index (κ2) is 12.3. The first-order valence-corrected chi connectivity index (χ1v) is 13.5. The summed E-state index contributed by atoms with van der Waals surface area (Å²) in [5.74, 6) is 0.749. The van der Waals surface area contributed by atoms with Crippen LogP contribution in [0.1, 0.15) is 25.3 Å². The van der Waals surface area contributed by atoms with Crippen LogP contribution >= 0.6 is 0 Å². The maximum atomic E-state index is 15.0. The third kappa shape index (κ3) is 6.63. The van der Waals surface area contributed by atoms with E-state index in [1.165, 1.54) is 16.5 Å². The van der Waals surface area contributed by atoms with Gasteiger partial charge in [-0.2, -0.15) is 0 Å². The molecule has 2 aromatic carbocycles. The normalized spacial score (nSPS) is 19.2. The Kier molecular flexibility index (Phi) is 8.44. The number of amides is 2. The highest BCUT2D eigenvalue weighted by Crippen LogP contribution is 2.30. The van der Waals surface area contributed by atoms with E-state index in [2.05, 4.69) is 22.4 Å². The number of ketones is 1. The van der Waals surface area contributed by atoms with Crippen molar-refractivity contribution in [1.29, 1.82) is 0 Å². The summed E-state index contributed by atoms with van der Waals surface area (Å²) in [5, 5.41) is 3.21. The van der Waals surface area contributed by atoms with Gasteiger partial charge in [-0.05, 0) is 61.4 Å². The molecule has 7 rings (SSSR count). The highest BCUT2D eigenvalue weighted by molar-refractivity contribution is 5.90. The van der Waals surface area contributed by atoms with Gasteiger partial charge in [0.2, 0.25) is 5.91 Å². The van der Waals surface area contributed by atoms with E-state index in [-0.39, 0.29) is 24.8 Å². The second-order valence-electron chi connectivity index (χ2n) is 10.1. The number of hydrogen-bond donors (Lipinski definition) is 2. The quantitative estimate of drug-likeness (QED) is 0.449. The van der Waals surface area contributed by atoms with E-state index in [1.54, 1.807) is 37.4 Å². The van der Waals surface area contributed by atoms with Gasteiger partial charge in [-0.1, -0.05) is 12.1 Å². The van der Waals surface area contributed by atoms with Crippen molar-refractivity contribution in [2.75, 3.05) is 36.0 Å². The van der Waals surface area contributed by atoms with Crippen LogP contribution in [0, 0.1) is 5.82 Å². The van der Waals surface area contributed by atoms with Gasteiger partial charge in [-0.3, -0.25) is 14.5 Å². The summed E-state index contributed by atoms with van der Waals surface area (Å²) in [6.45, 7) is 4.53. The maximum absolute atomic E-state index is 15.0. The molecule has 0 spiro atoms. The number of carbonyl (C=O) groups excluding carboxylic acids is 3. The van der Waals surface area contributed by atoms with Crippen molar-refractivity contribution >= 4 is 29.3 Å². The Morgan fingerprint density at radius 2 is 1.95 bits per heavy atom. The molecule has 4 aliphatic rings. The molecule has 0 aliphatic carbocycles. The Morgan fingerprint density at radius 3 is 2.51 bits per heavy atom. The highest BCUT2D eigenvalue weighted by Gasteiger charge is 2.33. The summed E-state index contributed by atoms with van der Waals surface area (Å²) in [4.78, 5) is 42.8. The summed E-state index contributed by atoms with van der Waals surface area (Å²) >= 11 is 0. The fourth-order valence-corrected chi connectivity index (χ4v) is 5.00. The van der Waals surface area contributed by atoms with Gasteiger partial charge in [0.25, 0.3) is 0 Å². The molecule has 3 aromatic rings. The van der Waals surface area contributed by atoms with Crippen molar-refractivity contribution in [2.45, 2.75) is 38.5 Å². The van der Waals surface area contributed by atoms with Crippen molar-refractivity contribution in [2.24, 2.45) is 5.73 Å². The zero-order chi connectivity index (χ0) is 28.9. The van der Waals surface area contributed by atoms with E-state index in [0.717, 1.165) is 18.9 Å². The highest BCUT2D eigenvalue weighted by atomic mass is 19.1. The molecule has 4 aliphatic heterocycles. The molecule has 1 aromatic heterocycles. The number of fused-ring (bicyclic) bond motifs is 3. The fraction of sp³-hybridized carbons (Fsp3) is 0.333. The van der Waals surface area contributed by atoms with Crippen LogP contribution in [0.5, 0.6) is 5.75 Å². The molecule has 41 heavy (non-hydrogen) atoms. The van der Waals surface area contributed by atoms with Gasteiger partial charge < -0.3 is 25.4 Å². The zero-order valence-electron chi connectivity index (χ0n) is 22.7. The van der Waals surface area contributed by atoms with Crippen LogP contribution in [-0.2, 0) is 20.9 Å². The van der Waals surface area contributed by atoms with Crippen LogP contribution in [0.3, 0.4) is 0 Å². The number of benzene rings is 2. The topological polar surface area (TPSA) is 127 Å². The van der Waals surface area contributed by atoms with Crippen LogP contribution in [0.15, 0.2) is 60.8 Å². The van der Waals surface area contributed by atoms with Crippen molar-refractivity contribution in [3.63, 3.8) is 0 Å². The Bertz CT molecular complexity index is 1390. The number of rotatable bonds is 7. The van der Waals surface area contributed by atoms with Gasteiger partial charge in [0.05, 0.1) is 12.2 Å². The molecule has 2 fully saturated rings. The van der Waals surface area contributed by atoms with Gasteiger partial charge in [0.1, 0.15) is 36.1 Å². The molecule has 5 heterocycles. The number of piperazine rings is 1. The van der Waals surface area contributed by atoms with E-state index in [0.29, 0.717) is 42.1 Å². The number of primary amides is 1. The van der Waals surface area contributed by atoms with E-state index >= 15 is 0 Å². The number of ether oxygens (including phenoxy) is 2. The van der Waals surface area contributed by atoms with Crippen LogP contribution in [0.4, 0.5) is 20.7 Å². The maximum Gasteiger partial charge on any atom is 0.414 e. The van der Waals surface area contributed by atoms with E-state index in [1.807, 2.05) is 17.0 Å². The Hall–Kier alpha value is -4.51. The minimum atomic E-state index is -0.585. The summed E-state index contributed by atoms with van der Waals surface area (Å²) in [6, 6.07) is 15.9. The molecule has 2 saturated heterocycles. The van der Waals surface area contributed by atoms with Crippen molar-refractivity contribution in [3.05, 3.63) is 72.2 Å². The average molecular weight is 562 g/mol. The van der Waals surface area contributed by atoms with Gasteiger partial charge in [0, 0.05) is 43.4 Å². The zero-order valence-corrected chi connectivity index (χ0v) is 22.7. The lowest BCUT2D eigenvalue weighted by atomic mass is 10.1. The molecule has 2 amide bonds. The number of Topliss-reactive ketones (excluding diaryl/α,β-unsaturated/α-hetero) is 1. The first kappa shape index (κ1) is 28.0. The predicted octanol–water partition coefficient (Wildman–Crippen LogP) is 3.42. The monoisotopic (exact) mass is 561 g/mol. The van der Waals surface area contributed by atoms with Gasteiger partial charge in [-0.15, -0.1) is 0 Å². The molecule has 2 atom stereocenters. The molecular weight excluding hydrogens is 529 g/mol. The number of nitrogens with two attached hydrogens (primary N) is 1. The minimum Gasteiger partial charge on any atom is -0.489 e. The molecule has 214 valence electrons. The Labute approximate surface area is 237 Å². The van der Waals surface area contributed by atoms with E-state index in [9.17, 15) is 18.8 Å². The van der Waals surface area contributed by atoms with Crippen LogP contribution in [0.2, 0.25) is 0 Å². The van der Waals surface area contributed by atoms with Gasteiger partial charge in [-0.25, -0.2) is 14.2 Å². The van der Waals surface area contributed by atoms with Crippen molar-refractivity contribution in [1.82, 2.24) is 10.3 Å². The molecule has 11 heteroatoms. The van der Waals surface area contributed by atoms with Gasteiger partial charge in [0.15, 0.2) is 5.78 Å². The molecule has 3 N–H and O–H groups in total. The number of anilines is 2. The minimum absolute atomic E-state index is 0.0621. The lowest BCUT2D eigenvalue weighted by molar-refractivity contribution is -0.119. The summed E-state index contributed by atoms with van der Waals surface area (Å²) < 4.78 is 25.4. The number of aromatic nitrogens is 1. The van der Waals surface area contributed by atoms with Gasteiger partial charge >= 0.3 is 6.09 Å². The number of pyridine rings is 1. The number of cyclic esters (lactones) is 1. The predicted molar refractivity (Wildman–Crippen MR) is 151 cm³/mol. The third-order valence-electron chi connectivity index (χ3n) is 7.25. The van der Waals surface area contributed by atoms with E-state index in [4.69, 9.17) is 15.2 Å². The lowest BCUT2D eigenvalue weighted by Crippen LogP contribution is -2.54. The molecule has 2 bridgehead atoms. The average Bonchev–Trinajstić information content (AvgIpc) is 3.38. The second-order valence-corrected chi connectivity index (χ2v) is 10.1. The number of halogens is 1. The first-order chi connectivity index (χ1) is 19.8. The fourth-order valence-electron chi connectivity index (χ4n) is 5.00.